The predicted molar refractivity (Wildman–Crippen MR) is 61.1 cm³/mol. The maximum Gasteiger partial charge on any atom is 0.415 e. The zero-order valence-electron chi connectivity index (χ0n) is 9.32. The largest absolute Gasteiger partial charge is 0.496 e. The Kier molecular flexibility index (Phi) is 5.42. The summed E-state index contributed by atoms with van der Waals surface area (Å²) in [4.78, 5) is 22.3. The second-order valence-corrected chi connectivity index (χ2v) is 3.60. The molecule has 1 aliphatic rings. The van der Waals surface area contributed by atoms with Crippen LogP contribution in [0.15, 0.2) is 18.2 Å². The van der Waals surface area contributed by atoms with Gasteiger partial charge in [0.05, 0.1) is 7.11 Å². The van der Waals surface area contributed by atoms with Crippen LogP contribution < -0.4 is 10.1 Å². The van der Waals surface area contributed by atoms with Crippen LogP contribution in [-0.2, 0) is 9.53 Å². The van der Waals surface area contributed by atoms with Crippen molar-refractivity contribution in [3.8, 4) is 5.75 Å². The van der Waals surface area contributed by atoms with Crippen LogP contribution in [0.5, 0.6) is 5.75 Å². The van der Waals surface area contributed by atoms with Gasteiger partial charge in [0.1, 0.15) is 5.75 Å². The van der Waals surface area contributed by atoms with E-state index in [2.05, 4.69) is 0 Å². The number of alkyl carbamates (subject to hydrolysis) is 1. The van der Waals surface area contributed by atoms with Crippen molar-refractivity contribution in [1.29, 1.82) is 0 Å². The molecule has 1 heterocycles. The van der Waals surface area contributed by atoms with Gasteiger partial charge in [-0.1, -0.05) is 11.6 Å². The molecule has 0 aromatic heterocycles. The molecule has 0 spiro atoms. The second-order valence-electron chi connectivity index (χ2n) is 3.16. The number of benzene rings is 1. The Balaban J connectivity index is 0.00000144. The van der Waals surface area contributed by atoms with Gasteiger partial charge in [-0.15, -0.1) is 0 Å². The molecular weight excluding hydrogens is 273 g/mol. The summed E-state index contributed by atoms with van der Waals surface area (Å²) in [5, 5.41) is 2.47. The maximum atomic E-state index is 11.4. The zero-order chi connectivity index (χ0) is 11.7. The van der Waals surface area contributed by atoms with Crippen molar-refractivity contribution >= 4 is 75.0 Å². The number of imide groups is 1. The molecule has 5 nitrogen and oxygen atoms in total. The number of ether oxygens (including phenoxy) is 2. The van der Waals surface area contributed by atoms with Gasteiger partial charge in [-0.05, 0) is 18.2 Å². The Morgan fingerprint density at radius 3 is 2.65 bits per heavy atom. The molecule has 1 fully saturated rings. The van der Waals surface area contributed by atoms with E-state index in [1.807, 2.05) is 5.32 Å². The Morgan fingerprint density at radius 2 is 2.12 bits per heavy atom. The Labute approximate surface area is 145 Å². The van der Waals surface area contributed by atoms with Crippen LogP contribution in [0.1, 0.15) is 11.7 Å². The van der Waals surface area contributed by atoms with Crippen LogP contribution in [0.25, 0.3) is 0 Å². The molecule has 2 amide bonds. The van der Waals surface area contributed by atoms with E-state index in [1.54, 1.807) is 12.1 Å². The summed E-state index contributed by atoms with van der Waals surface area (Å²) in [5.74, 6) is -0.0789. The van der Waals surface area contributed by atoms with Crippen LogP contribution in [0.2, 0.25) is 5.02 Å². The monoisotopic (exact) mass is 280 g/mol. The van der Waals surface area contributed by atoms with Gasteiger partial charge >= 0.3 is 6.09 Å². The molecule has 7 heteroatoms. The van der Waals surface area contributed by atoms with E-state index in [0.29, 0.717) is 16.3 Å². The fourth-order valence-corrected chi connectivity index (χ4v) is 1.65. The van der Waals surface area contributed by atoms with Crippen LogP contribution >= 0.6 is 11.6 Å². The average Bonchev–Trinajstić information content (AvgIpc) is 2.57. The summed E-state index contributed by atoms with van der Waals surface area (Å²) >= 11 is 5.81. The fourth-order valence-electron chi connectivity index (χ4n) is 1.47. The SMILES string of the molecule is COc1ccc(Cl)cc1C1OC(=O)NC1=O.[K]. The number of hydrogen-bond acceptors (Lipinski definition) is 4. The van der Waals surface area contributed by atoms with E-state index in [0.717, 1.165) is 0 Å². The number of amides is 2. The Morgan fingerprint density at radius 1 is 1.41 bits per heavy atom. The molecule has 1 saturated heterocycles. The minimum absolute atomic E-state index is 0. The number of cyclic esters (lactones) is 1. The van der Waals surface area contributed by atoms with E-state index in [9.17, 15) is 9.59 Å². The molecule has 17 heavy (non-hydrogen) atoms. The van der Waals surface area contributed by atoms with E-state index in [1.165, 1.54) is 13.2 Å². The molecule has 1 atom stereocenters. The van der Waals surface area contributed by atoms with Gasteiger partial charge in [0.25, 0.3) is 5.91 Å². The molecule has 85 valence electrons. The standard InChI is InChI=1S/C10H8ClNO4.K/c1-15-7-3-2-5(11)4-6(7)8-9(13)12-10(14)16-8;/h2-4,8H,1H3,(H,12,13,14);. The summed E-state index contributed by atoms with van der Waals surface area (Å²) in [6.07, 6.45) is -1.77. The first kappa shape index (κ1) is 14.9. The van der Waals surface area contributed by atoms with Gasteiger partial charge < -0.3 is 9.47 Å². The minimum atomic E-state index is -0.999. The average molecular weight is 281 g/mol. The smallest absolute Gasteiger partial charge is 0.415 e. The second kappa shape index (κ2) is 6.17. The third kappa shape index (κ3) is 3.21. The first-order valence-corrected chi connectivity index (χ1v) is 4.84. The summed E-state index contributed by atoms with van der Waals surface area (Å²) < 4.78 is 9.89. The van der Waals surface area contributed by atoms with Gasteiger partial charge in [-0.2, -0.15) is 0 Å². The van der Waals surface area contributed by atoms with Gasteiger partial charge in [0.2, 0.25) is 6.10 Å². The van der Waals surface area contributed by atoms with Gasteiger partial charge in [0, 0.05) is 62.0 Å². The number of hydrogen-bond donors (Lipinski definition) is 1. The topological polar surface area (TPSA) is 64.6 Å². The quantitative estimate of drug-likeness (QED) is 0.829. The molecule has 1 aromatic rings. The molecule has 1 aromatic carbocycles. The minimum Gasteiger partial charge on any atom is -0.496 e. The molecule has 1 aliphatic heterocycles. The fraction of sp³-hybridized carbons (Fsp3) is 0.200. The van der Waals surface area contributed by atoms with E-state index >= 15 is 0 Å². The Bertz CT molecular complexity index is 466. The van der Waals surface area contributed by atoms with Crippen LogP contribution in [0.3, 0.4) is 0 Å². The molecular formula is C10H8ClKNO4. The summed E-state index contributed by atoms with van der Waals surface area (Å²) in [7, 11) is 1.46. The Hall–Kier alpha value is -0.114. The molecule has 0 bridgehead atoms. The van der Waals surface area contributed by atoms with Gasteiger partial charge in [0.15, 0.2) is 0 Å². The van der Waals surface area contributed by atoms with Crippen LogP contribution in [0.4, 0.5) is 4.79 Å². The normalized spacial score (nSPS) is 18.1. The van der Waals surface area contributed by atoms with E-state index in [4.69, 9.17) is 21.1 Å². The van der Waals surface area contributed by atoms with Gasteiger partial charge in [-0.3, -0.25) is 10.1 Å². The summed E-state index contributed by atoms with van der Waals surface area (Å²) in [6.45, 7) is 0. The van der Waals surface area contributed by atoms with Crippen molar-refractivity contribution < 1.29 is 19.1 Å². The molecule has 2 rings (SSSR count). The van der Waals surface area contributed by atoms with Gasteiger partial charge in [-0.25, -0.2) is 4.79 Å². The number of carbonyl (C=O) groups is 2. The molecule has 1 N–H and O–H groups in total. The third-order valence-electron chi connectivity index (χ3n) is 2.16. The summed E-state index contributed by atoms with van der Waals surface area (Å²) in [6, 6.07) is 4.76. The molecule has 1 unspecified atom stereocenters. The number of halogens is 1. The van der Waals surface area contributed by atoms with Crippen LogP contribution in [0, 0.1) is 0 Å². The van der Waals surface area contributed by atoms with Crippen molar-refractivity contribution in [2.45, 2.75) is 6.10 Å². The van der Waals surface area contributed by atoms with Crippen molar-refractivity contribution in [2.24, 2.45) is 0 Å². The number of rotatable bonds is 2. The van der Waals surface area contributed by atoms with Crippen molar-refractivity contribution in [3.05, 3.63) is 28.8 Å². The molecule has 1 radical (unpaired) electrons. The van der Waals surface area contributed by atoms with Crippen molar-refractivity contribution in [3.63, 3.8) is 0 Å². The molecule has 0 saturated carbocycles. The van der Waals surface area contributed by atoms with Crippen LogP contribution in [-0.4, -0.2) is 70.5 Å². The predicted octanol–water partition coefficient (Wildman–Crippen LogP) is 1.28. The van der Waals surface area contributed by atoms with E-state index < -0.39 is 18.1 Å². The zero-order valence-corrected chi connectivity index (χ0v) is 13.2. The van der Waals surface area contributed by atoms with Crippen molar-refractivity contribution in [1.82, 2.24) is 5.32 Å². The first-order chi connectivity index (χ1) is 7.61. The van der Waals surface area contributed by atoms with E-state index in [-0.39, 0.29) is 51.4 Å². The summed E-state index contributed by atoms with van der Waals surface area (Å²) in [5.41, 5.74) is 0.429. The number of methoxy groups -OCH3 is 1. The van der Waals surface area contributed by atoms with Crippen molar-refractivity contribution in [2.75, 3.05) is 7.11 Å². The third-order valence-corrected chi connectivity index (χ3v) is 2.40. The first-order valence-electron chi connectivity index (χ1n) is 4.46. The molecule has 0 aliphatic carbocycles. The number of carbonyl (C=O) groups excluding carboxylic acids is 2. The number of nitrogens with one attached hydrogen (secondary N) is 1. The maximum absolute atomic E-state index is 11.4.